The summed E-state index contributed by atoms with van der Waals surface area (Å²) in [6.45, 7) is 0. The van der Waals surface area contributed by atoms with Crippen LogP contribution in [-0.2, 0) is 13.0 Å². The molecule has 1 aromatic rings. The molecular weight excluding hydrogens is 593 g/mol. The average molecular weight is 599 g/mol. The predicted octanol–water partition coefficient (Wildman–Crippen LogP) is 7.76. The van der Waals surface area contributed by atoms with Crippen LogP contribution in [0.1, 0.15) is 5.69 Å². The first-order chi connectivity index (χ1) is 15.8. The van der Waals surface area contributed by atoms with Crippen LogP contribution in [0.2, 0.25) is 0 Å². The molecule has 1 heterocycles. The molecule has 1 rings (SSSR count). The van der Waals surface area contributed by atoms with Gasteiger partial charge in [-0.2, -0.15) is 92.2 Å². The second kappa shape index (κ2) is 8.15. The normalized spacial score (nSPS) is 16.4. The van der Waals surface area contributed by atoms with Crippen molar-refractivity contribution in [1.29, 1.82) is 0 Å². The van der Waals surface area contributed by atoms with Gasteiger partial charge in [0.1, 0.15) is 0 Å². The Hall–Kier alpha value is -2.19. The van der Waals surface area contributed by atoms with Crippen molar-refractivity contribution >= 4 is 0 Å². The molecule has 0 unspecified atom stereocenters. The van der Waals surface area contributed by atoms with E-state index in [1.165, 1.54) is 0 Å². The molecule has 0 aromatic carbocycles. The van der Waals surface area contributed by atoms with Gasteiger partial charge in [-0.25, -0.2) is 0 Å². The fourth-order valence-corrected chi connectivity index (χ4v) is 2.51. The number of aromatic nitrogens is 1. The highest BCUT2D eigenvalue weighted by Crippen LogP contribution is 2.66. The highest BCUT2D eigenvalue weighted by molar-refractivity contribution is 5.23. The van der Waals surface area contributed by atoms with Gasteiger partial charge in [0.05, 0.1) is 5.69 Å². The van der Waals surface area contributed by atoms with E-state index in [-0.39, 0.29) is 10.6 Å². The fraction of sp³-hybridized carbons (Fsp3) is 0.733. The maximum Gasteiger partial charge on any atom is 0.460 e. The number of hydrogen-bond donors (Lipinski definition) is 0. The van der Waals surface area contributed by atoms with Gasteiger partial charge in [-0.05, 0) is 12.1 Å². The summed E-state index contributed by atoms with van der Waals surface area (Å²) in [4.78, 5) is 0. The summed E-state index contributed by atoms with van der Waals surface area (Å²) in [5, 5.41) is 0. The minimum absolute atomic E-state index is 0.233. The van der Waals surface area contributed by atoms with Crippen molar-refractivity contribution in [3.63, 3.8) is 0 Å². The molecule has 218 valence electrons. The summed E-state index contributed by atoms with van der Waals surface area (Å²) in [5.41, 5.74) is -2.41. The lowest BCUT2D eigenvalue weighted by Crippen LogP contribution is -2.76. The Bertz CT molecular complexity index is 980. The molecule has 0 spiro atoms. The summed E-state index contributed by atoms with van der Waals surface area (Å²) >= 11 is 0. The molecule has 0 aliphatic rings. The molecule has 0 N–H and O–H groups in total. The van der Waals surface area contributed by atoms with Gasteiger partial charge >= 0.3 is 59.5 Å². The van der Waals surface area contributed by atoms with E-state index in [4.69, 9.17) is 0 Å². The molecule has 0 aliphatic heterocycles. The van der Waals surface area contributed by atoms with Gasteiger partial charge in [0.15, 0.2) is 0 Å². The van der Waals surface area contributed by atoms with Gasteiger partial charge in [-0.15, -0.1) is 0 Å². The van der Waals surface area contributed by atoms with Gasteiger partial charge in [-0.1, -0.05) is 0 Å². The molecule has 0 bridgehead atoms. The third kappa shape index (κ3) is 3.81. The van der Waals surface area contributed by atoms with E-state index in [0.717, 1.165) is 0 Å². The molecule has 0 aliphatic carbocycles. The van der Waals surface area contributed by atoms with Crippen molar-refractivity contribution in [3.05, 3.63) is 24.0 Å². The topological polar surface area (TPSA) is 4.93 Å². The van der Waals surface area contributed by atoms with Crippen LogP contribution < -0.4 is 0 Å². The molecule has 22 heteroatoms. The molecule has 0 radical (unpaired) electrons. The molecule has 37 heavy (non-hydrogen) atoms. The zero-order valence-electron chi connectivity index (χ0n) is 16.6. The average Bonchev–Trinajstić information content (AvgIpc) is 3.12. The number of nitrogens with zero attached hydrogens (tertiary/aromatic N) is 1. The highest BCUT2D eigenvalue weighted by Gasteiger charge is 2.98. The maximum atomic E-state index is 13.9. The maximum absolute atomic E-state index is 13.9. The van der Waals surface area contributed by atoms with Crippen molar-refractivity contribution in [2.24, 2.45) is 7.05 Å². The first-order valence-corrected chi connectivity index (χ1v) is 8.35. The van der Waals surface area contributed by atoms with E-state index in [1.807, 2.05) is 0 Å². The van der Waals surface area contributed by atoms with Gasteiger partial charge < -0.3 is 4.57 Å². The highest BCUT2D eigenvalue weighted by atomic mass is 19.4. The third-order valence-electron chi connectivity index (χ3n) is 4.78. The second-order valence-electron chi connectivity index (χ2n) is 7.17. The Morgan fingerprint density at radius 3 is 0.946 bits per heavy atom. The summed E-state index contributed by atoms with van der Waals surface area (Å²) in [7, 11) is 0.335. The smallest absolute Gasteiger partial charge is 0.349 e. The first-order valence-electron chi connectivity index (χ1n) is 8.35. The fourth-order valence-electron chi connectivity index (χ4n) is 2.51. The Morgan fingerprint density at radius 2 is 0.703 bits per heavy atom. The molecule has 0 saturated carbocycles. The summed E-state index contributed by atoms with van der Waals surface area (Å²) in [6, 6.07) is 0.102. The Labute approximate surface area is 188 Å². The molecule has 1 nitrogen and oxygen atoms in total. The predicted molar refractivity (Wildman–Crippen MR) is 74.9 cm³/mol. The van der Waals surface area contributed by atoms with Crippen molar-refractivity contribution in [1.82, 2.24) is 4.57 Å². The van der Waals surface area contributed by atoms with Crippen LogP contribution in [0.5, 0.6) is 0 Å². The van der Waals surface area contributed by atoms with Gasteiger partial charge in [0.25, 0.3) is 0 Å². The van der Waals surface area contributed by atoms with Gasteiger partial charge in [0.2, 0.25) is 0 Å². The van der Waals surface area contributed by atoms with Crippen LogP contribution in [0.3, 0.4) is 0 Å². The van der Waals surface area contributed by atoms with Gasteiger partial charge in [0, 0.05) is 13.2 Å². The van der Waals surface area contributed by atoms with Crippen molar-refractivity contribution in [2.45, 2.75) is 59.5 Å². The number of aryl methyl sites for hydroxylation is 1. The van der Waals surface area contributed by atoms with Crippen LogP contribution >= 0.6 is 0 Å². The van der Waals surface area contributed by atoms with Crippen LogP contribution in [0.15, 0.2) is 18.3 Å². The second-order valence-corrected chi connectivity index (χ2v) is 7.17. The molecule has 0 fully saturated rings. The molecule has 0 saturated heterocycles. The van der Waals surface area contributed by atoms with E-state index in [2.05, 4.69) is 0 Å². The minimum atomic E-state index is -9.17. The third-order valence-corrected chi connectivity index (χ3v) is 4.78. The summed E-state index contributed by atoms with van der Waals surface area (Å²) in [6.07, 6.45) is -7.66. The van der Waals surface area contributed by atoms with Gasteiger partial charge in [-0.3, -0.25) is 0 Å². The summed E-state index contributed by atoms with van der Waals surface area (Å²) in [5.74, 6) is -77.0. The quantitative estimate of drug-likeness (QED) is 0.256. The lowest BCUT2D eigenvalue weighted by molar-refractivity contribution is -0.475. The zero-order chi connectivity index (χ0) is 30.3. The Morgan fingerprint density at radius 1 is 0.432 bits per heavy atom. The molecular formula is C15H6F21N. The molecule has 0 atom stereocenters. The zero-order valence-corrected chi connectivity index (χ0v) is 16.6. The number of hydrogen-bond acceptors (Lipinski definition) is 0. The Balaban J connectivity index is 3.83. The molecule has 1 aromatic heterocycles. The molecule has 0 amide bonds. The van der Waals surface area contributed by atoms with E-state index < -0.39 is 65.2 Å². The Kier molecular flexibility index (Phi) is 7.24. The van der Waals surface area contributed by atoms with E-state index >= 15 is 0 Å². The number of alkyl halides is 21. The van der Waals surface area contributed by atoms with Crippen LogP contribution in [0.4, 0.5) is 92.2 Å². The lowest BCUT2D eigenvalue weighted by Gasteiger charge is -2.44. The lowest BCUT2D eigenvalue weighted by atomic mass is 9.86. The van der Waals surface area contributed by atoms with Crippen molar-refractivity contribution in [2.75, 3.05) is 0 Å². The van der Waals surface area contributed by atoms with Crippen molar-refractivity contribution in [3.8, 4) is 0 Å². The number of rotatable bonds is 9. The SMILES string of the molecule is Cn1cccc1C(F)(F)C(F)(F)C(F)(F)C(F)(F)C(F)(F)C(F)(F)C(F)(F)C(F)(F)C(F)(F)C(F)(F)F. The van der Waals surface area contributed by atoms with E-state index in [0.29, 0.717) is 19.3 Å². The summed E-state index contributed by atoms with van der Waals surface area (Å²) < 4.78 is 279. The first kappa shape index (κ1) is 32.8. The van der Waals surface area contributed by atoms with Crippen LogP contribution in [0.25, 0.3) is 0 Å². The van der Waals surface area contributed by atoms with Crippen LogP contribution in [-0.4, -0.2) is 58.1 Å². The van der Waals surface area contributed by atoms with E-state index in [9.17, 15) is 92.2 Å². The monoisotopic (exact) mass is 599 g/mol. The standard InChI is InChI=1S/C15H6F21N/c1-37-4-2-3-5(37)6(16,17)7(18,19)8(20,21)9(22,23)10(24,25)11(26,27)12(28,29)13(30,31)14(32,33)15(34,35)36/h2-4H,1H3. The van der Waals surface area contributed by atoms with Crippen molar-refractivity contribution < 1.29 is 92.2 Å². The number of halogens is 21. The van der Waals surface area contributed by atoms with Crippen LogP contribution in [0, 0.1) is 0 Å². The van der Waals surface area contributed by atoms with E-state index in [1.54, 1.807) is 0 Å². The largest absolute Gasteiger partial charge is 0.460 e. The minimum Gasteiger partial charge on any atom is -0.349 e.